The van der Waals surface area contributed by atoms with Gasteiger partial charge in [0.15, 0.2) is 0 Å². The van der Waals surface area contributed by atoms with Gasteiger partial charge in [-0.3, -0.25) is 0 Å². The quantitative estimate of drug-likeness (QED) is 0.318. The molecule has 0 heterocycles. The zero-order valence-electron chi connectivity index (χ0n) is 10.7. The van der Waals surface area contributed by atoms with Crippen LogP contribution in [0.1, 0.15) is 59.3 Å². The second-order valence-corrected chi connectivity index (χ2v) is 4.59. The van der Waals surface area contributed by atoms with Gasteiger partial charge in [0.1, 0.15) is 0 Å². The number of hydrogen-bond acceptors (Lipinski definition) is 0. The van der Waals surface area contributed by atoms with Gasteiger partial charge in [-0.15, -0.1) is 18.4 Å². The lowest BCUT2D eigenvalue weighted by atomic mass is 9.96. The highest BCUT2D eigenvalue weighted by Crippen LogP contribution is 2.16. The van der Waals surface area contributed by atoms with Gasteiger partial charge in [-0.05, 0) is 18.3 Å². The standard InChI is InChI=1S/C15H26/c1-5-7-8-12-15(6-2)13-10-9-11-14(3)4/h6,14-15H,2,5,9-13H2,1,3-4H3. The molecule has 0 aromatic carbocycles. The SMILES string of the molecule is C=CC(CC#CCC)CCCCC(C)C. The minimum Gasteiger partial charge on any atom is -0.104 e. The lowest BCUT2D eigenvalue weighted by molar-refractivity contribution is 0.491. The monoisotopic (exact) mass is 206 g/mol. The first kappa shape index (κ1) is 14.3. The molecule has 1 unspecified atom stereocenters. The van der Waals surface area contributed by atoms with Crippen LogP contribution in [-0.2, 0) is 0 Å². The van der Waals surface area contributed by atoms with Crippen LogP contribution >= 0.6 is 0 Å². The van der Waals surface area contributed by atoms with Crippen LogP contribution in [-0.4, -0.2) is 0 Å². The molecule has 0 fully saturated rings. The number of hydrogen-bond donors (Lipinski definition) is 0. The lowest BCUT2D eigenvalue weighted by Crippen LogP contribution is -1.96. The molecule has 0 radical (unpaired) electrons. The zero-order valence-corrected chi connectivity index (χ0v) is 10.7. The van der Waals surface area contributed by atoms with Crippen molar-refractivity contribution in [1.82, 2.24) is 0 Å². The van der Waals surface area contributed by atoms with Gasteiger partial charge in [-0.25, -0.2) is 0 Å². The fourth-order valence-electron chi connectivity index (χ4n) is 1.59. The van der Waals surface area contributed by atoms with Crippen molar-refractivity contribution in [2.45, 2.75) is 59.3 Å². The number of unbranched alkanes of at least 4 members (excludes halogenated alkanes) is 1. The van der Waals surface area contributed by atoms with Gasteiger partial charge >= 0.3 is 0 Å². The number of rotatable bonds is 7. The average molecular weight is 206 g/mol. The third kappa shape index (κ3) is 9.60. The molecule has 1 atom stereocenters. The molecule has 0 N–H and O–H groups in total. The van der Waals surface area contributed by atoms with E-state index in [9.17, 15) is 0 Å². The van der Waals surface area contributed by atoms with Crippen LogP contribution in [0.4, 0.5) is 0 Å². The van der Waals surface area contributed by atoms with Gasteiger partial charge in [0, 0.05) is 12.8 Å². The van der Waals surface area contributed by atoms with Crippen LogP contribution in [0.2, 0.25) is 0 Å². The molecular formula is C15H26. The summed E-state index contributed by atoms with van der Waals surface area (Å²) in [6, 6.07) is 0. The summed E-state index contributed by atoms with van der Waals surface area (Å²) in [5.74, 6) is 7.79. The first-order chi connectivity index (χ1) is 7.20. The molecule has 86 valence electrons. The number of allylic oxidation sites excluding steroid dienone is 1. The van der Waals surface area contributed by atoms with Crippen molar-refractivity contribution in [3.05, 3.63) is 12.7 Å². The van der Waals surface area contributed by atoms with E-state index < -0.39 is 0 Å². The summed E-state index contributed by atoms with van der Waals surface area (Å²) in [5.41, 5.74) is 0. The third-order valence-electron chi connectivity index (χ3n) is 2.61. The summed E-state index contributed by atoms with van der Waals surface area (Å²) in [6.07, 6.45) is 9.32. The predicted octanol–water partition coefficient (Wildman–Crippen LogP) is 4.81. The van der Waals surface area contributed by atoms with Crippen molar-refractivity contribution in [3.63, 3.8) is 0 Å². The first-order valence-corrected chi connectivity index (χ1v) is 6.29. The molecule has 0 aliphatic heterocycles. The lowest BCUT2D eigenvalue weighted by Gasteiger charge is -2.09. The molecule has 0 nitrogen and oxygen atoms in total. The van der Waals surface area contributed by atoms with E-state index in [0.717, 1.165) is 18.8 Å². The summed E-state index contributed by atoms with van der Waals surface area (Å²) in [7, 11) is 0. The summed E-state index contributed by atoms with van der Waals surface area (Å²) >= 11 is 0. The highest BCUT2D eigenvalue weighted by atomic mass is 14.1. The van der Waals surface area contributed by atoms with Crippen LogP contribution in [0.5, 0.6) is 0 Å². The fraction of sp³-hybridized carbons (Fsp3) is 0.733. The molecule has 0 spiro atoms. The Bertz CT molecular complexity index is 202. The van der Waals surface area contributed by atoms with E-state index in [4.69, 9.17) is 0 Å². The molecule has 0 aliphatic rings. The average Bonchev–Trinajstić information content (AvgIpc) is 2.21. The van der Waals surface area contributed by atoms with Crippen LogP contribution in [0.15, 0.2) is 12.7 Å². The summed E-state index contributed by atoms with van der Waals surface area (Å²) in [6.45, 7) is 10.6. The van der Waals surface area contributed by atoms with Gasteiger partial charge in [-0.1, -0.05) is 46.1 Å². The summed E-state index contributed by atoms with van der Waals surface area (Å²) < 4.78 is 0. The van der Waals surface area contributed by atoms with E-state index in [-0.39, 0.29) is 0 Å². The molecule has 0 aromatic rings. The Hall–Kier alpha value is -0.700. The molecule has 0 rings (SSSR count). The van der Waals surface area contributed by atoms with Gasteiger partial charge in [0.05, 0.1) is 0 Å². The summed E-state index contributed by atoms with van der Waals surface area (Å²) in [4.78, 5) is 0. The van der Waals surface area contributed by atoms with Gasteiger partial charge < -0.3 is 0 Å². The Morgan fingerprint density at radius 1 is 1.13 bits per heavy atom. The fourth-order valence-corrected chi connectivity index (χ4v) is 1.59. The normalized spacial score (nSPS) is 12.0. The van der Waals surface area contributed by atoms with E-state index >= 15 is 0 Å². The Balaban J connectivity index is 3.57. The predicted molar refractivity (Wildman–Crippen MR) is 69.7 cm³/mol. The second kappa shape index (κ2) is 9.84. The van der Waals surface area contributed by atoms with Crippen molar-refractivity contribution in [3.8, 4) is 11.8 Å². The van der Waals surface area contributed by atoms with Crippen LogP contribution < -0.4 is 0 Å². The molecule has 0 aliphatic carbocycles. The van der Waals surface area contributed by atoms with Crippen molar-refractivity contribution in [2.24, 2.45) is 11.8 Å². The molecule has 0 heteroatoms. The van der Waals surface area contributed by atoms with E-state index in [1.54, 1.807) is 0 Å². The highest BCUT2D eigenvalue weighted by Gasteiger charge is 2.02. The Morgan fingerprint density at radius 2 is 1.80 bits per heavy atom. The molecule has 0 saturated heterocycles. The Kier molecular flexibility index (Phi) is 9.38. The van der Waals surface area contributed by atoms with E-state index in [0.29, 0.717) is 5.92 Å². The maximum Gasteiger partial charge on any atom is 0.0152 e. The third-order valence-corrected chi connectivity index (χ3v) is 2.61. The van der Waals surface area contributed by atoms with Crippen LogP contribution in [0.3, 0.4) is 0 Å². The summed E-state index contributed by atoms with van der Waals surface area (Å²) in [5, 5.41) is 0. The minimum atomic E-state index is 0.608. The molecular weight excluding hydrogens is 180 g/mol. The van der Waals surface area contributed by atoms with Crippen LogP contribution in [0.25, 0.3) is 0 Å². The maximum absolute atomic E-state index is 3.89. The van der Waals surface area contributed by atoms with Crippen molar-refractivity contribution >= 4 is 0 Å². The van der Waals surface area contributed by atoms with E-state index in [1.165, 1.54) is 25.7 Å². The Morgan fingerprint density at radius 3 is 2.33 bits per heavy atom. The Labute approximate surface area is 96.2 Å². The van der Waals surface area contributed by atoms with E-state index in [2.05, 4.69) is 45.3 Å². The molecule has 15 heavy (non-hydrogen) atoms. The smallest absolute Gasteiger partial charge is 0.0152 e. The van der Waals surface area contributed by atoms with Crippen molar-refractivity contribution < 1.29 is 0 Å². The van der Waals surface area contributed by atoms with Crippen LogP contribution in [0, 0.1) is 23.7 Å². The highest BCUT2D eigenvalue weighted by molar-refractivity contribution is 5.01. The molecule has 0 saturated carbocycles. The molecule has 0 aromatic heterocycles. The van der Waals surface area contributed by atoms with Crippen molar-refractivity contribution in [2.75, 3.05) is 0 Å². The van der Waals surface area contributed by atoms with Crippen molar-refractivity contribution in [1.29, 1.82) is 0 Å². The van der Waals surface area contributed by atoms with Gasteiger partial charge in [0.2, 0.25) is 0 Å². The topological polar surface area (TPSA) is 0 Å². The first-order valence-electron chi connectivity index (χ1n) is 6.29. The van der Waals surface area contributed by atoms with E-state index in [1.807, 2.05) is 0 Å². The molecule has 0 bridgehead atoms. The zero-order chi connectivity index (χ0) is 11.5. The second-order valence-electron chi connectivity index (χ2n) is 4.59. The largest absolute Gasteiger partial charge is 0.104 e. The minimum absolute atomic E-state index is 0.608. The molecule has 0 amide bonds. The van der Waals surface area contributed by atoms with Gasteiger partial charge in [0.25, 0.3) is 0 Å². The maximum atomic E-state index is 3.89. The van der Waals surface area contributed by atoms with Gasteiger partial charge in [-0.2, -0.15) is 0 Å².